The van der Waals surface area contributed by atoms with Crippen LogP contribution in [0.3, 0.4) is 0 Å². The number of carbonyl (C=O) groups is 1. The van der Waals surface area contributed by atoms with Gasteiger partial charge in [-0.2, -0.15) is 5.26 Å². The molecule has 0 aliphatic carbocycles. The van der Waals surface area contributed by atoms with E-state index in [9.17, 15) is 15.2 Å². The van der Waals surface area contributed by atoms with Crippen molar-refractivity contribution < 1.29 is 9.90 Å². The van der Waals surface area contributed by atoms with Gasteiger partial charge in [0.05, 0.1) is 17.7 Å². The molecule has 5 nitrogen and oxygen atoms in total. The van der Waals surface area contributed by atoms with Gasteiger partial charge in [-0.3, -0.25) is 9.78 Å². The standard InChI is InChI=1S/C28H28ClN3O2/c1-28(2,3)26-16-19(6-9-31-26)21-12-18(17-30)13-22(14-21)24-5-4-20(15-25(24)29)27(34)32-10-7-23(33)8-11-32/h4-6,9,12-16,23,33H,7-8,10-11H2,1-3H3. The van der Waals surface area contributed by atoms with Gasteiger partial charge in [-0.1, -0.05) is 38.4 Å². The van der Waals surface area contributed by atoms with Crippen molar-refractivity contribution in [3.8, 4) is 28.3 Å². The molecular weight excluding hydrogens is 446 g/mol. The number of hydrogen-bond donors (Lipinski definition) is 1. The Balaban J connectivity index is 1.69. The minimum Gasteiger partial charge on any atom is -0.393 e. The van der Waals surface area contributed by atoms with Crippen LogP contribution in [-0.4, -0.2) is 40.1 Å². The van der Waals surface area contributed by atoms with Gasteiger partial charge in [-0.15, -0.1) is 0 Å². The maximum Gasteiger partial charge on any atom is 0.253 e. The van der Waals surface area contributed by atoms with E-state index in [1.165, 1.54) is 0 Å². The summed E-state index contributed by atoms with van der Waals surface area (Å²) in [6.07, 6.45) is 2.64. The van der Waals surface area contributed by atoms with Crippen LogP contribution in [0, 0.1) is 11.3 Å². The van der Waals surface area contributed by atoms with Gasteiger partial charge in [0.25, 0.3) is 5.91 Å². The van der Waals surface area contributed by atoms with E-state index in [2.05, 4.69) is 37.9 Å². The van der Waals surface area contributed by atoms with Gasteiger partial charge in [-0.25, -0.2) is 0 Å². The number of aliphatic hydroxyl groups excluding tert-OH is 1. The van der Waals surface area contributed by atoms with E-state index in [-0.39, 0.29) is 17.4 Å². The van der Waals surface area contributed by atoms with Crippen molar-refractivity contribution in [3.63, 3.8) is 0 Å². The lowest BCUT2D eigenvalue weighted by Gasteiger charge is -2.29. The fourth-order valence-electron chi connectivity index (χ4n) is 4.17. The minimum atomic E-state index is -0.337. The lowest BCUT2D eigenvalue weighted by molar-refractivity contribution is 0.0546. The van der Waals surface area contributed by atoms with Crippen LogP contribution in [0.25, 0.3) is 22.3 Å². The van der Waals surface area contributed by atoms with E-state index in [0.717, 1.165) is 27.9 Å². The number of carbonyl (C=O) groups excluding carboxylic acids is 1. The Kier molecular flexibility index (Phi) is 6.74. The molecule has 1 aliphatic rings. The first-order chi connectivity index (χ1) is 16.2. The van der Waals surface area contributed by atoms with Crippen LogP contribution in [0.1, 0.15) is 55.2 Å². The van der Waals surface area contributed by atoms with Gasteiger partial charge in [0.1, 0.15) is 0 Å². The number of likely N-dealkylation sites (tertiary alicyclic amines) is 1. The summed E-state index contributed by atoms with van der Waals surface area (Å²) in [7, 11) is 0. The Labute approximate surface area is 205 Å². The first kappa shape index (κ1) is 23.9. The quantitative estimate of drug-likeness (QED) is 0.518. The van der Waals surface area contributed by atoms with Crippen molar-refractivity contribution in [1.29, 1.82) is 5.26 Å². The maximum atomic E-state index is 12.9. The van der Waals surface area contributed by atoms with E-state index in [1.54, 1.807) is 23.2 Å². The molecular formula is C28H28ClN3O2. The number of halogens is 1. The van der Waals surface area contributed by atoms with Gasteiger partial charge in [-0.05, 0) is 72.0 Å². The molecule has 0 unspecified atom stereocenters. The summed E-state index contributed by atoms with van der Waals surface area (Å²) < 4.78 is 0. The number of aromatic nitrogens is 1. The Hall–Kier alpha value is -3.20. The Morgan fingerprint density at radius 2 is 1.76 bits per heavy atom. The number of pyridine rings is 1. The molecule has 1 aliphatic heterocycles. The number of aliphatic hydroxyl groups is 1. The molecule has 1 fully saturated rings. The molecule has 0 saturated carbocycles. The van der Waals surface area contributed by atoms with Crippen LogP contribution in [0.4, 0.5) is 0 Å². The molecule has 0 spiro atoms. The van der Waals surface area contributed by atoms with Gasteiger partial charge in [0.15, 0.2) is 0 Å². The molecule has 6 heteroatoms. The Bertz CT molecular complexity index is 1270. The van der Waals surface area contributed by atoms with Gasteiger partial charge >= 0.3 is 0 Å². The first-order valence-electron chi connectivity index (χ1n) is 11.4. The predicted molar refractivity (Wildman–Crippen MR) is 135 cm³/mol. The summed E-state index contributed by atoms with van der Waals surface area (Å²) >= 11 is 6.65. The topological polar surface area (TPSA) is 77.2 Å². The molecule has 4 rings (SSSR count). The van der Waals surface area contributed by atoms with E-state index < -0.39 is 0 Å². The van der Waals surface area contributed by atoms with Gasteiger partial charge in [0.2, 0.25) is 0 Å². The molecule has 0 radical (unpaired) electrons. The number of nitrogens with zero attached hydrogens (tertiary/aromatic N) is 3. The Morgan fingerprint density at radius 3 is 2.41 bits per heavy atom. The smallest absolute Gasteiger partial charge is 0.253 e. The SMILES string of the molecule is CC(C)(C)c1cc(-c2cc(C#N)cc(-c3ccc(C(=O)N4CCC(O)CC4)cc3Cl)c2)ccn1. The number of hydrogen-bond acceptors (Lipinski definition) is 4. The van der Waals surface area contributed by atoms with Crippen LogP contribution in [0.15, 0.2) is 54.7 Å². The molecule has 1 saturated heterocycles. The number of benzene rings is 2. The second-order valence-electron chi connectivity index (χ2n) is 9.81. The molecule has 2 heterocycles. The normalized spacial score (nSPS) is 14.6. The van der Waals surface area contributed by atoms with E-state index in [0.29, 0.717) is 42.1 Å². The molecule has 1 amide bonds. The van der Waals surface area contributed by atoms with Crippen LogP contribution in [0.5, 0.6) is 0 Å². The number of rotatable bonds is 3. The molecule has 34 heavy (non-hydrogen) atoms. The largest absolute Gasteiger partial charge is 0.393 e. The zero-order valence-electron chi connectivity index (χ0n) is 19.7. The van der Waals surface area contributed by atoms with E-state index in [1.807, 2.05) is 30.3 Å². The second kappa shape index (κ2) is 9.58. The summed E-state index contributed by atoms with van der Waals surface area (Å²) in [5, 5.41) is 19.8. The lowest BCUT2D eigenvalue weighted by Crippen LogP contribution is -2.40. The lowest BCUT2D eigenvalue weighted by atomic mass is 9.89. The predicted octanol–water partition coefficient (Wildman–Crippen LogP) is 5.84. The minimum absolute atomic E-state index is 0.0849. The van der Waals surface area contributed by atoms with Crippen molar-refractivity contribution in [2.45, 2.75) is 45.1 Å². The van der Waals surface area contributed by atoms with Crippen molar-refractivity contribution in [2.24, 2.45) is 0 Å². The highest BCUT2D eigenvalue weighted by atomic mass is 35.5. The Morgan fingerprint density at radius 1 is 1.06 bits per heavy atom. The number of piperidine rings is 1. The fourth-order valence-corrected chi connectivity index (χ4v) is 4.46. The molecule has 0 bridgehead atoms. The average molecular weight is 474 g/mol. The maximum absolute atomic E-state index is 12.9. The fraction of sp³-hybridized carbons (Fsp3) is 0.321. The molecule has 3 aromatic rings. The summed E-state index contributed by atoms with van der Waals surface area (Å²) in [6, 6.07) is 17.2. The van der Waals surface area contributed by atoms with Crippen molar-refractivity contribution in [3.05, 3.63) is 76.6 Å². The average Bonchev–Trinajstić information content (AvgIpc) is 2.83. The molecule has 1 N–H and O–H groups in total. The molecule has 2 aromatic carbocycles. The van der Waals surface area contributed by atoms with E-state index in [4.69, 9.17) is 11.6 Å². The number of amides is 1. The third-order valence-corrected chi connectivity index (χ3v) is 6.52. The van der Waals surface area contributed by atoms with Crippen molar-refractivity contribution in [2.75, 3.05) is 13.1 Å². The molecule has 174 valence electrons. The first-order valence-corrected chi connectivity index (χ1v) is 11.8. The van der Waals surface area contributed by atoms with Crippen molar-refractivity contribution >= 4 is 17.5 Å². The zero-order chi connectivity index (χ0) is 24.5. The van der Waals surface area contributed by atoms with Gasteiger partial charge < -0.3 is 10.0 Å². The summed E-state index contributed by atoms with van der Waals surface area (Å²) in [4.78, 5) is 19.2. The summed E-state index contributed by atoms with van der Waals surface area (Å²) in [6.45, 7) is 7.42. The zero-order valence-corrected chi connectivity index (χ0v) is 20.4. The highest BCUT2D eigenvalue weighted by molar-refractivity contribution is 6.33. The van der Waals surface area contributed by atoms with Gasteiger partial charge in [0, 0.05) is 46.5 Å². The highest BCUT2D eigenvalue weighted by Crippen LogP contribution is 2.34. The summed E-state index contributed by atoms with van der Waals surface area (Å²) in [5.74, 6) is -0.0849. The van der Waals surface area contributed by atoms with E-state index >= 15 is 0 Å². The van der Waals surface area contributed by atoms with Crippen LogP contribution < -0.4 is 0 Å². The third kappa shape index (κ3) is 5.14. The van der Waals surface area contributed by atoms with Crippen molar-refractivity contribution in [1.82, 2.24) is 9.88 Å². The van der Waals surface area contributed by atoms with Crippen LogP contribution in [-0.2, 0) is 5.41 Å². The summed E-state index contributed by atoms with van der Waals surface area (Å²) in [5.41, 5.74) is 5.39. The molecule has 0 atom stereocenters. The molecule has 1 aromatic heterocycles. The third-order valence-electron chi connectivity index (χ3n) is 6.20. The van der Waals surface area contributed by atoms with Crippen LogP contribution in [0.2, 0.25) is 5.02 Å². The number of nitriles is 1. The monoisotopic (exact) mass is 473 g/mol. The van der Waals surface area contributed by atoms with Crippen LogP contribution >= 0.6 is 11.6 Å². The highest BCUT2D eigenvalue weighted by Gasteiger charge is 2.23. The second-order valence-corrected chi connectivity index (χ2v) is 10.2.